The Morgan fingerprint density at radius 2 is 2.15 bits per heavy atom. The lowest BCUT2D eigenvalue weighted by molar-refractivity contribution is -0.138. The fraction of sp³-hybridized carbons (Fsp3) is 0.462. The maximum absolute atomic E-state index is 13.0. The largest absolute Gasteiger partial charge is 0.417 e. The normalized spacial score (nSPS) is 20.1. The van der Waals surface area contributed by atoms with Crippen LogP contribution in [0, 0.1) is 0 Å². The Balaban J connectivity index is 2.34. The van der Waals surface area contributed by atoms with Gasteiger partial charge in [-0.25, -0.2) is 0 Å². The van der Waals surface area contributed by atoms with Crippen molar-refractivity contribution < 1.29 is 18.0 Å². The lowest BCUT2D eigenvalue weighted by Gasteiger charge is -2.31. The van der Waals surface area contributed by atoms with Gasteiger partial charge in [0, 0.05) is 28.6 Å². The van der Waals surface area contributed by atoms with Crippen molar-refractivity contribution in [3.05, 3.63) is 33.8 Å². The zero-order valence-corrected chi connectivity index (χ0v) is 13.1. The van der Waals surface area contributed by atoms with E-state index in [1.54, 1.807) is 11.8 Å². The van der Waals surface area contributed by atoms with Gasteiger partial charge in [-0.05, 0) is 18.2 Å². The number of nitrogens with zero attached hydrogens (tertiary/aromatic N) is 1. The van der Waals surface area contributed by atoms with Crippen molar-refractivity contribution in [3.8, 4) is 0 Å². The van der Waals surface area contributed by atoms with Gasteiger partial charge in [-0.15, -0.1) is 0 Å². The van der Waals surface area contributed by atoms with Crippen LogP contribution >= 0.6 is 27.7 Å². The van der Waals surface area contributed by atoms with Gasteiger partial charge in [0.15, 0.2) is 0 Å². The molecule has 2 rings (SSSR count). The van der Waals surface area contributed by atoms with Gasteiger partial charge < -0.3 is 4.90 Å². The molecule has 1 heterocycles. The second-order valence-electron chi connectivity index (χ2n) is 4.62. The van der Waals surface area contributed by atoms with Gasteiger partial charge in [0.2, 0.25) is 0 Å². The van der Waals surface area contributed by atoms with E-state index in [2.05, 4.69) is 15.9 Å². The molecule has 1 aromatic rings. The molecule has 1 amide bonds. The Morgan fingerprint density at radius 1 is 1.45 bits per heavy atom. The Kier molecular flexibility index (Phi) is 4.69. The van der Waals surface area contributed by atoms with Crippen LogP contribution in [0.3, 0.4) is 0 Å². The van der Waals surface area contributed by atoms with Gasteiger partial charge in [0.1, 0.15) is 0 Å². The molecule has 0 saturated carbocycles. The predicted octanol–water partition coefficient (Wildman–Crippen LogP) is 4.05. The molecule has 1 fully saturated rings. The van der Waals surface area contributed by atoms with Crippen LogP contribution in [0.4, 0.5) is 13.2 Å². The number of carbonyl (C=O) groups is 1. The van der Waals surface area contributed by atoms with Gasteiger partial charge in [-0.1, -0.05) is 22.9 Å². The lowest BCUT2D eigenvalue weighted by atomic mass is 10.1. The summed E-state index contributed by atoms with van der Waals surface area (Å²) in [6, 6.07) is 3.65. The Morgan fingerprint density at radius 3 is 2.75 bits per heavy atom. The fourth-order valence-electron chi connectivity index (χ4n) is 2.11. The van der Waals surface area contributed by atoms with E-state index < -0.39 is 17.6 Å². The molecule has 2 nitrogen and oxygen atoms in total. The number of hydrogen-bond acceptors (Lipinski definition) is 2. The first kappa shape index (κ1) is 15.7. The molecule has 0 N–H and O–H groups in total. The molecule has 20 heavy (non-hydrogen) atoms. The quantitative estimate of drug-likeness (QED) is 0.746. The molecule has 1 aromatic carbocycles. The summed E-state index contributed by atoms with van der Waals surface area (Å²) in [6.45, 7) is 2.94. The third kappa shape index (κ3) is 3.49. The summed E-state index contributed by atoms with van der Waals surface area (Å²) in [4.78, 5) is 13.8. The van der Waals surface area contributed by atoms with E-state index in [4.69, 9.17) is 0 Å². The zero-order valence-electron chi connectivity index (χ0n) is 10.7. The second-order valence-corrected chi connectivity index (χ2v) is 7.08. The van der Waals surface area contributed by atoms with Crippen molar-refractivity contribution in [2.24, 2.45) is 0 Å². The van der Waals surface area contributed by atoms with Gasteiger partial charge in [-0.2, -0.15) is 24.9 Å². The van der Waals surface area contributed by atoms with Crippen molar-refractivity contribution in [2.75, 3.05) is 18.8 Å². The zero-order chi connectivity index (χ0) is 14.9. The molecule has 1 saturated heterocycles. The third-order valence-corrected chi connectivity index (χ3v) is 4.68. The summed E-state index contributed by atoms with van der Waals surface area (Å²) in [5, 5.41) is 0.248. The number of rotatable bonds is 1. The summed E-state index contributed by atoms with van der Waals surface area (Å²) in [6.07, 6.45) is -4.54. The molecule has 0 spiro atoms. The molecule has 0 aliphatic carbocycles. The highest BCUT2D eigenvalue weighted by molar-refractivity contribution is 9.10. The molecule has 0 bridgehead atoms. The van der Waals surface area contributed by atoms with Crippen LogP contribution in [0.5, 0.6) is 0 Å². The van der Waals surface area contributed by atoms with Crippen LogP contribution in [0.2, 0.25) is 0 Å². The second kappa shape index (κ2) is 5.97. The minimum absolute atomic E-state index is 0.248. The summed E-state index contributed by atoms with van der Waals surface area (Å²) < 4.78 is 39.4. The smallest absolute Gasteiger partial charge is 0.337 e. The molecule has 1 aliphatic rings. The third-order valence-electron chi connectivity index (χ3n) is 3.05. The molecule has 0 aromatic heterocycles. The van der Waals surface area contributed by atoms with Crippen LogP contribution in [0.25, 0.3) is 0 Å². The van der Waals surface area contributed by atoms with Crippen molar-refractivity contribution in [2.45, 2.75) is 18.3 Å². The number of alkyl halides is 3. The van der Waals surface area contributed by atoms with Crippen LogP contribution < -0.4 is 0 Å². The molecule has 1 unspecified atom stereocenters. The lowest BCUT2D eigenvalue weighted by Crippen LogP contribution is -2.41. The van der Waals surface area contributed by atoms with Crippen molar-refractivity contribution in [1.29, 1.82) is 0 Å². The van der Waals surface area contributed by atoms with E-state index in [9.17, 15) is 18.0 Å². The first-order chi connectivity index (χ1) is 9.29. The first-order valence-electron chi connectivity index (χ1n) is 6.06. The minimum Gasteiger partial charge on any atom is -0.337 e. The van der Waals surface area contributed by atoms with E-state index in [1.165, 1.54) is 17.0 Å². The molecular formula is C13H13BrF3NOS. The molecule has 1 aliphatic heterocycles. The topological polar surface area (TPSA) is 20.3 Å². The number of thioether (sulfide) groups is 1. The summed E-state index contributed by atoms with van der Waals surface area (Å²) in [5.41, 5.74) is -1.16. The van der Waals surface area contributed by atoms with E-state index in [1.807, 2.05) is 6.92 Å². The molecule has 110 valence electrons. The van der Waals surface area contributed by atoms with E-state index >= 15 is 0 Å². The van der Waals surface area contributed by atoms with Crippen LogP contribution in [0.15, 0.2) is 22.7 Å². The van der Waals surface area contributed by atoms with E-state index in [0.717, 1.165) is 11.8 Å². The number of halogens is 4. The van der Waals surface area contributed by atoms with Gasteiger partial charge in [-0.3, -0.25) is 4.79 Å². The Hall–Kier alpha value is -0.690. The number of benzene rings is 1. The van der Waals surface area contributed by atoms with Crippen molar-refractivity contribution >= 4 is 33.6 Å². The minimum atomic E-state index is -4.54. The monoisotopic (exact) mass is 367 g/mol. The number of amides is 1. The summed E-state index contributed by atoms with van der Waals surface area (Å²) in [5.74, 6) is 0.210. The fourth-order valence-corrected chi connectivity index (χ4v) is 3.49. The van der Waals surface area contributed by atoms with E-state index in [0.29, 0.717) is 17.6 Å². The molecular weight excluding hydrogens is 355 g/mol. The standard InChI is InChI=1S/C13H13BrF3NOS/c1-8-7-18(4-5-20-8)12(19)10-3-2-9(14)6-11(10)13(15,16)17/h2-3,6,8H,4-5,7H2,1H3. The molecule has 0 radical (unpaired) electrons. The van der Waals surface area contributed by atoms with Gasteiger partial charge in [0.05, 0.1) is 11.1 Å². The molecule has 7 heteroatoms. The average molecular weight is 368 g/mol. The molecule has 1 atom stereocenters. The van der Waals surface area contributed by atoms with Crippen molar-refractivity contribution in [1.82, 2.24) is 4.90 Å². The Labute approximate surface area is 127 Å². The van der Waals surface area contributed by atoms with Crippen molar-refractivity contribution in [3.63, 3.8) is 0 Å². The SMILES string of the molecule is CC1CN(C(=O)c2ccc(Br)cc2C(F)(F)F)CCS1. The van der Waals surface area contributed by atoms with Gasteiger partial charge in [0.25, 0.3) is 5.91 Å². The number of hydrogen-bond donors (Lipinski definition) is 0. The summed E-state index contributed by atoms with van der Waals surface area (Å²) >= 11 is 4.74. The average Bonchev–Trinajstić information content (AvgIpc) is 2.37. The van der Waals surface area contributed by atoms with E-state index in [-0.39, 0.29) is 10.8 Å². The predicted molar refractivity (Wildman–Crippen MR) is 77.0 cm³/mol. The summed E-state index contributed by atoms with van der Waals surface area (Å²) in [7, 11) is 0. The number of carbonyl (C=O) groups excluding carboxylic acids is 1. The highest BCUT2D eigenvalue weighted by atomic mass is 79.9. The van der Waals surface area contributed by atoms with Crippen LogP contribution in [-0.4, -0.2) is 34.9 Å². The van der Waals surface area contributed by atoms with Crippen LogP contribution in [0.1, 0.15) is 22.8 Å². The highest BCUT2D eigenvalue weighted by Crippen LogP contribution is 2.34. The maximum atomic E-state index is 13.0. The first-order valence-corrected chi connectivity index (χ1v) is 7.91. The van der Waals surface area contributed by atoms with Gasteiger partial charge >= 0.3 is 6.18 Å². The van der Waals surface area contributed by atoms with Crippen LogP contribution in [-0.2, 0) is 6.18 Å². The maximum Gasteiger partial charge on any atom is 0.417 e. The Bertz CT molecular complexity index is 521. The highest BCUT2D eigenvalue weighted by Gasteiger charge is 2.37.